The second kappa shape index (κ2) is 8.04. The van der Waals surface area contributed by atoms with E-state index < -0.39 is 8.07 Å². The summed E-state index contributed by atoms with van der Waals surface area (Å²) in [6.45, 7) is 8.23. The molecule has 2 heterocycles. The van der Waals surface area contributed by atoms with Crippen LogP contribution in [-0.4, -0.2) is 29.2 Å². The predicted octanol–water partition coefficient (Wildman–Crippen LogP) is 3.25. The van der Waals surface area contributed by atoms with E-state index in [2.05, 4.69) is 35.7 Å². The van der Waals surface area contributed by atoms with Crippen LogP contribution in [0.5, 0.6) is 0 Å². The molecule has 0 spiro atoms. The molecule has 0 saturated heterocycles. The zero-order valence-corrected chi connectivity index (χ0v) is 15.1. The van der Waals surface area contributed by atoms with Crippen LogP contribution in [0.1, 0.15) is 17.1 Å². The van der Waals surface area contributed by atoms with Crippen LogP contribution in [0.3, 0.4) is 0 Å². The quantitative estimate of drug-likeness (QED) is 0.551. The number of aromatic nitrogens is 3. The van der Waals surface area contributed by atoms with Crippen molar-refractivity contribution < 1.29 is 4.74 Å². The zero-order chi connectivity index (χ0) is 16.7. The first kappa shape index (κ1) is 17.4. The summed E-state index contributed by atoms with van der Waals surface area (Å²) in [6, 6.07) is 7.27. The lowest BCUT2D eigenvalue weighted by Gasteiger charge is -2.15. The summed E-state index contributed by atoms with van der Waals surface area (Å²) in [5.74, 6) is 0.768. The number of ether oxygens (including phenoxy) is 1. The highest BCUT2D eigenvalue weighted by Gasteiger charge is 2.13. The molecule has 122 valence electrons. The fourth-order valence-electron chi connectivity index (χ4n) is 2.17. The summed E-state index contributed by atoms with van der Waals surface area (Å²) < 4.78 is 7.73. The highest BCUT2D eigenvalue weighted by atomic mass is 28.3. The third kappa shape index (κ3) is 5.97. The van der Waals surface area contributed by atoms with E-state index in [-0.39, 0.29) is 0 Å². The summed E-state index contributed by atoms with van der Waals surface area (Å²) in [7, 11) is -1.08. The lowest BCUT2D eigenvalue weighted by atomic mass is 10.1. The summed E-state index contributed by atoms with van der Waals surface area (Å²) in [5, 5.41) is 8.97. The first-order chi connectivity index (χ1) is 11.0. The minimum atomic E-state index is -1.08. The van der Waals surface area contributed by atoms with E-state index in [0.29, 0.717) is 13.2 Å². The molecule has 0 N–H and O–H groups in total. The van der Waals surface area contributed by atoms with E-state index in [1.807, 2.05) is 22.9 Å². The van der Waals surface area contributed by atoms with E-state index in [1.165, 1.54) is 0 Å². The van der Waals surface area contributed by atoms with Gasteiger partial charge >= 0.3 is 0 Å². The maximum absolute atomic E-state index is 8.97. The number of pyridine rings is 1. The average Bonchev–Trinajstić information content (AvgIpc) is 2.86. The van der Waals surface area contributed by atoms with Gasteiger partial charge in [0.1, 0.15) is 12.6 Å². The molecule has 0 radical (unpaired) electrons. The molecule has 0 bridgehead atoms. The molecule has 0 aromatic carbocycles. The van der Waals surface area contributed by atoms with Crippen molar-refractivity contribution in [1.82, 2.24) is 14.5 Å². The lowest BCUT2D eigenvalue weighted by molar-refractivity contribution is 0.0854. The fourth-order valence-corrected chi connectivity index (χ4v) is 2.93. The van der Waals surface area contributed by atoms with Crippen LogP contribution in [0, 0.1) is 11.3 Å². The standard InChI is InChI=1S/C17H24N4OSi/c1-23(2,3)11-10-22-14-21-13-16(20-17(21)4-7-18)12-15-5-8-19-9-6-15/h5-6,8-9,13H,4,10-12,14H2,1-3H3. The molecule has 2 rings (SSSR count). The van der Waals surface area contributed by atoms with E-state index in [1.54, 1.807) is 12.4 Å². The van der Waals surface area contributed by atoms with Gasteiger partial charge in [0.15, 0.2) is 0 Å². The van der Waals surface area contributed by atoms with E-state index >= 15 is 0 Å². The van der Waals surface area contributed by atoms with Gasteiger partial charge in [0.2, 0.25) is 0 Å². The second-order valence-electron chi connectivity index (χ2n) is 6.83. The first-order valence-electron chi connectivity index (χ1n) is 7.86. The van der Waals surface area contributed by atoms with Gasteiger partial charge < -0.3 is 9.30 Å². The Morgan fingerprint density at radius 2 is 2.00 bits per heavy atom. The van der Waals surface area contributed by atoms with Crippen LogP contribution in [0.25, 0.3) is 0 Å². The minimum Gasteiger partial charge on any atom is -0.361 e. The predicted molar refractivity (Wildman–Crippen MR) is 92.7 cm³/mol. The van der Waals surface area contributed by atoms with Gasteiger partial charge in [-0.05, 0) is 23.7 Å². The number of rotatable bonds is 8. The molecular formula is C17H24N4OSi. The topological polar surface area (TPSA) is 63.7 Å². The molecule has 0 aliphatic heterocycles. The van der Waals surface area contributed by atoms with E-state index in [4.69, 9.17) is 10.00 Å². The van der Waals surface area contributed by atoms with Crippen LogP contribution in [0.4, 0.5) is 0 Å². The van der Waals surface area contributed by atoms with Gasteiger partial charge in [0.05, 0.1) is 18.2 Å². The van der Waals surface area contributed by atoms with Crippen molar-refractivity contribution in [2.45, 2.75) is 45.3 Å². The molecular weight excluding hydrogens is 304 g/mol. The van der Waals surface area contributed by atoms with Gasteiger partial charge in [-0.2, -0.15) is 5.26 Å². The Bertz CT molecular complexity index is 655. The molecule has 0 atom stereocenters. The maximum Gasteiger partial charge on any atom is 0.125 e. The summed E-state index contributed by atoms with van der Waals surface area (Å²) in [4.78, 5) is 8.59. The van der Waals surface area contributed by atoms with Crippen molar-refractivity contribution in [3.63, 3.8) is 0 Å². The molecule has 2 aromatic rings. The van der Waals surface area contributed by atoms with Crippen molar-refractivity contribution in [3.05, 3.63) is 47.8 Å². The Hall–Kier alpha value is -1.97. The Balaban J connectivity index is 1.99. The Labute approximate surface area is 139 Å². The van der Waals surface area contributed by atoms with Crippen molar-refractivity contribution in [2.75, 3.05) is 6.61 Å². The normalized spacial score (nSPS) is 11.4. The smallest absolute Gasteiger partial charge is 0.125 e. The maximum atomic E-state index is 8.97. The van der Waals surface area contributed by atoms with E-state index in [9.17, 15) is 0 Å². The number of nitriles is 1. The Morgan fingerprint density at radius 1 is 1.26 bits per heavy atom. The monoisotopic (exact) mass is 328 g/mol. The Morgan fingerprint density at radius 3 is 2.65 bits per heavy atom. The largest absolute Gasteiger partial charge is 0.361 e. The summed E-state index contributed by atoms with van der Waals surface area (Å²) in [6.07, 6.45) is 6.59. The molecule has 0 saturated carbocycles. The van der Waals surface area contributed by atoms with Gasteiger partial charge in [0, 0.05) is 39.7 Å². The molecule has 23 heavy (non-hydrogen) atoms. The van der Waals surface area contributed by atoms with Gasteiger partial charge in [-0.25, -0.2) is 4.98 Å². The highest BCUT2D eigenvalue weighted by Crippen LogP contribution is 2.12. The third-order valence-corrected chi connectivity index (χ3v) is 5.21. The van der Waals surface area contributed by atoms with Crippen molar-refractivity contribution in [3.8, 4) is 6.07 Å². The molecule has 2 aromatic heterocycles. The van der Waals surface area contributed by atoms with Crippen LogP contribution < -0.4 is 0 Å². The van der Waals surface area contributed by atoms with Gasteiger partial charge in [0.25, 0.3) is 0 Å². The van der Waals surface area contributed by atoms with Gasteiger partial charge in [-0.1, -0.05) is 19.6 Å². The summed E-state index contributed by atoms with van der Waals surface area (Å²) in [5.41, 5.74) is 2.11. The third-order valence-electron chi connectivity index (χ3n) is 3.51. The number of imidazole rings is 1. The molecule has 0 aliphatic carbocycles. The number of nitrogens with zero attached hydrogens (tertiary/aromatic N) is 4. The highest BCUT2D eigenvalue weighted by molar-refractivity contribution is 6.76. The molecule has 0 fully saturated rings. The van der Waals surface area contributed by atoms with E-state index in [0.717, 1.165) is 36.2 Å². The van der Waals surface area contributed by atoms with Crippen LogP contribution in [0.15, 0.2) is 30.7 Å². The van der Waals surface area contributed by atoms with Crippen LogP contribution >= 0.6 is 0 Å². The first-order valence-corrected chi connectivity index (χ1v) is 11.6. The number of hydrogen-bond donors (Lipinski definition) is 0. The molecule has 0 amide bonds. The fraction of sp³-hybridized carbons (Fsp3) is 0.471. The van der Waals surface area contributed by atoms with Gasteiger partial charge in [-0.3, -0.25) is 4.98 Å². The average molecular weight is 328 g/mol. The van der Waals surface area contributed by atoms with Crippen molar-refractivity contribution in [2.24, 2.45) is 0 Å². The zero-order valence-electron chi connectivity index (χ0n) is 14.1. The van der Waals surface area contributed by atoms with Gasteiger partial charge in [-0.15, -0.1) is 0 Å². The van der Waals surface area contributed by atoms with Crippen molar-refractivity contribution >= 4 is 8.07 Å². The minimum absolute atomic E-state index is 0.299. The number of hydrogen-bond acceptors (Lipinski definition) is 4. The van der Waals surface area contributed by atoms with Crippen LogP contribution in [0.2, 0.25) is 25.7 Å². The molecule has 5 nitrogen and oxygen atoms in total. The lowest BCUT2D eigenvalue weighted by Crippen LogP contribution is -2.22. The Kier molecular flexibility index (Phi) is 6.08. The molecule has 0 aliphatic rings. The second-order valence-corrected chi connectivity index (χ2v) is 12.5. The van der Waals surface area contributed by atoms with Crippen LogP contribution in [-0.2, 0) is 24.3 Å². The van der Waals surface area contributed by atoms with Crippen molar-refractivity contribution in [1.29, 1.82) is 5.26 Å². The SMILES string of the molecule is C[Si](C)(C)CCOCn1cc(Cc2ccncc2)nc1CC#N. The molecule has 6 heteroatoms. The summed E-state index contributed by atoms with van der Waals surface area (Å²) >= 11 is 0. The molecule has 0 unspecified atom stereocenters.